The van der Waals surface area contributed by atoms with E-state index in [4.69, 9.17) is 5.73 Å². The van der Waals surface area contributed by atoms with Gasteiger partial charge in [0, 0.05) is 25.2 Å². The summed E-state index contributed by atoms with van der Waals surface area (Å²) in [5.74, 6) is 0.903. The highest BCUT2D eigenvalue weighted by Crippen LogP contribution is 2.35. The lowest BCUT2D eigenvalue weighted by molar-refractivity contribution is 0.149. The van der Waals surface area contributed by atoms with Crippen molar-refractivity contribution < 1.29 is 0 Å². The van der Waals surface area contributed by atoms with Crippen molar-refractivity contribution >= 4 is 0 Å². The molecule has 2 rings (SSSR count). The largest absolute Gasteiger partial charge is 0.329 e. The highest BCUT2D eigenvalue weighted by Gasteiger charge is 2.30. The molecule has 1 aromatic carbocycles. The number of nitrogens with two attached hydrogens (primary N) is 1. The summed E-state index contributed by atoms with van der Waals surface area (Å²) < 4.78 is 0. The van der Waals surface area contributed by atoms with Gasteiger partial charge >= 0.3 is 0 Å². The summed E-state index contributed by atoms with van der Waals surface area (Å²) in [4.78, 5) is 2.60. The average Bonchev–Trinajstić information content (AvgIpc) is 3.15. The second kappa shape index (κ2) is 6.06. The summed E-state index contributed by atoms with van der Waals surface area (Å²) in [6, 6.07) is 7.47. The Morgan fingerprint density at radius 2 is 1.79 bits per heavy atom. The van der Waals surface area contributed by atoms with Gasteiger partial charge in [-0.15, -0.1) is 0 Å². The monoisotopic (exact) mass is 260 g/mol. The molecule has 2 nitrogen and oxygen atoms in total. The van der Waals surface area contributed by atoms with Crippen LogP contribution in [0.15, 0.2) is 18.2 Å². The summed E-state index contributed by atoms with van der Waals surface area (Å²) in [6.45, 7) is 10.9. The van der Waals surface area contributed by atoms with Gasteiger partial charge in [-0.3, -0.25) is 4.90 Å². The van der Waals surface area contributed by atoms with Crippen molar-refractivity contribution in [3.8, 4) is 0 Å². The molecule has 2 N–H and O–H groups in total. The molecule has 0 aliphatic heterocycles. The Hall–Kier alpha value is -0.860. The molecule has 1 aromatic rings. The van der Waals surface area contributed by atoms with Crippen LogP contribution >= 0.6 is 0 Å². The van der Waals surface area contributed by atoms with Crippen LogP contribution < -0.4 is 5.73 Å². The molecule has 1 aliphatic carbocycles. The number of aryl methyl sites for hydroxylation is 2. The van der Waals surface area contributed by atoms with Crippen LogP contribution in [0.25, 0.3) is 0 Å². The normalized spacial score (nSPS) is 17.2. The highest BCUT2D eigenvalue weighted by atomic mass is 15.2. The predicted octanol–water partition coefficient (Wildman–Crippen LogP) is 3.42. The Labute approximate surface area is 118 Å². The lowest BCUT2D eigenvalue weighted by Gasteiger charge is -2.36. The van der Waals surface area contributed by atoms with Gasteiger partial charge in [0.2, 0.25) is 0 Å². The molecule has 0 bridgehead atoms. The van der Waals surface area contributed by atoms with Crippen molar-refractivity contribution in [2.45, 2.75) is 52.6 Å². The van der Waals surface area contributed by atoms with Gasteiger partial charge in [0.15, 0.2) is 0 Å². The summed E-state index contributed by atoms with van der Waals surface area (Å²) in [6.07, 6.45) is 2.79. The zero-order valence-electron chi connectivity index (χ0n) is 12.8. The standard InChI is InChI=1S/C17H28N2/c1-12(2)19(11-15-8-9-15)16(10-18)17-13(3)6-5-7-14(17)4/h5-7,12,15-16H,8-11,18H2,1-4H3. The van der Waals surface area contributed by atoms with Crippen LogP contribution in [0.4, 0.5) is 0 Å². The van der Waals surface area contributed by atoms with Gasteiger partial charge in [-0.1, -0.05) is 18.2 Å². The molecular weight excluding hydrogens is 232 g/mol. The fraction of sp³-hybridized carbons (Fsp3) is 0.647. The van der Waals surface area contributed by atoms with Crippen LogP contribution in [-0.4, -0.2) is 24.0 Å². The molecule has 1 aliphatic rings. The summed E-state index contributed by atoms with van der Waals surface area (Å²) >= 11 is 0. The third kappa shape index (κ3) is 3.37. The lowest BCUT2D eigenvalue weighted by Crippen LogP contribution is -2.40. The van der Waals surface area contributed by atoms with E-state index in [1.165, 1.54) is 36.1 Å². The molecular formula is C17H28N2. The lowest BCUT2D eigenvalue weighted by atomic mass is 9.94. The van der Waals surface area contributed by atoms with E-state index in [0.717, 1.165) is 5.92 Å². The number of hydrogen-bond acceptors (Lipinski definition) is 2. The van der Waals surface area contributed by atoms with E-state index in [9.17, 15) is 0 Å². The number of hydrogen-bond donors (Lipinski definition) is 1. The SMILES string of the molecule is Cc1cccc(C)c1C(CN)N(CC1CC1)C(C)C. The van der Waals surface area contributed by atoms with Crippen molar-refractivity contribution in [3.05, 3.63) is 34.9 Å². The first kappa shape index (κ1) is 14.5. The molecule has 1 fully saturated rings. The van der Waals surface area contributed by atoms with Crippen LogP contribution in [0.5, 0.6) is 0 Å². The van der Waals surface area contributed by atoms with E-state index in [0.29, 0.717) is 18.6 Å². The van der Waals surface area contributed by atoms with Crippen LogP contribution in [0.2, 0.25) is 0 Å². The summed E-state index contributed by atoms with van der Waals surface area (Å²) in [5, 5.41) is 0. The van der Waals surface area contributed by atoms with E-state index in [-0.39, 0.29) is 0 Å². The van der Waals surface area contributed by atoms with Crippen molar-refractivity contribution in [2.24, 2.45) is 11.7 Å². The fourth-order valence-electron chi connectivity index (χ4n) is 3.07. The molecule has 0 aromatic heterocycles. The van der Waals surface area contributed by atoms with E-state index >= 15 is 0 Å². The van der Waals surface area contributed by atoms with Gasteiger partial charge in [0.1, 0.15) is 0 Å². The van der Waals surface area contributed by atoms with Crippen LogP contribution in [0, 0.1) is 19.8 Å². The molecule has 106 valence electrons. The topological polar surface area (TPSA) is 29.3 Å². The fourth-order valence-corrected chi connectivity index (χ4v) is 3.07. The minimum absolute atomic E-state index is 0.363. The third-order valence-corrected chi connectivity index (χ3v) is 4.33. The van der Waals surface area contributed by atoms with Crippen molar-refractivity contribution in [1.82, 2.24) is 4.90 Å². The highest BCUT2D eigenvalue weighted by molar-refractivity contribution is 5.36. The zero-order chi connectivity index (χ0) is 14.0. The first-order valence-electron chi connectivity index (χ1n) is 7.56. The molecule has 1 unspecified atom stereocenters. The molecule has 0 amide bonds. The van der Waals surface area contributed by atoms with Crippen LogP contribution in [0.3, 0.4) is 0 Å². The van der Waals surface area contributed by atoms with E-state index in [1.807, 2.05) is 0 Å². The maximum absolute atomic E-state index is 6.14. The Kier molecular flexibility index (Phi) is 4.64. The van der Waals surface area contributed by atoms with Gasteiger partial charge < -0.3 is 5.73 Å². The number of rotatable bonds is 6. The Morgan fingerprint density at radius 1 is 1.21 bits per heavy atom. The van der Waals surface area contributed by atoms with Crippen molar-refractivity contribution in [1.29, 1.82) is 0 Å². The van der Waals surface area contributed by atoms with Gasteiger partial charge in [0.25, 0.3) is 0 Å². The van der Waals surface area contributed by atoms with Crippen LogP contribution in [0.1, 0.15) is 49.4 Å². The molecule has 0 saturated heterocycles. The molecule has 19 heavy (non-hydrogen) atoms. The molecule has 2 heteroatoms. The quantitative estimate of drug-likeness (QED) is 0.849. The van der Waals surface area contributed by atoms with Crippen LogP contribution in [-0.2, 0) is 0 Å². The van der Waals surface area contributed by atoms with Crippen molar-refractivity contribution in [2.75, 3.05) is 13.1 Å². The van der Waals surface area contributed by atoms with Crippen molar-refractivity contribution in [3.63, 3.8) is 0 Å². The maximum atomic E-state index is 6.14. The second-order valence-electron chi connectivity index (χ2n) is 6.29. The molecule has 0 radical (unpaired) electrons. The molecule has 0 heterocycles. The Bertz CT molecular complexity index is 401. The van der Waals surface area contributed by atoms with Gasteiger partial charge in [-0.25, -0.2) is 0 Å². The second-order valence-corrected chi connectivity index (χ2v) is 6.29. The Balaban J connectivity index is 2.30. The predicted molar refractivity (Wildman–Crippen MR) is 82.3 cm³/mol. The Morgan fingerprint density at radius 3 is 2.21 bits per heavy atom. The van der Waals surface area contributed by atoms with E-state index in [2.05, 4.69) is 50.8 Å². The first-order chi connectivity index (χ1) is 9.04. The first-order valence-corrected chi connectivity index (χ1v) is 7.56. The summed E-state index contributed by atoms with van der Waals surface area (Å²) in [5.41, 5.74) is 10.3. The summed E-state index contributed by atoms with van der Waals surface area (Å²) in [7, 11) is 0. The van der Waals surface area contributed by atoms with Gasteiger partial charge in [-0.2, -0.15) is 0 Å². The van der Waals surface area contributed by atoms with E-state index in [1.54, 1.807) is 0 Å². The zero-order valence-corrected chi connectivity index (χ0v) is 12.8. The maximum Gasteiger partial charge on any atom is 0.0478 e. The number of nitrogens with zero attached hydrogens (tertiary/aromatic N) is 1. The minimum atomic E-state index is 0.363. The average molecular weight is 260 g/mol. The molecule has 1 atom stereocenters. The van der Waals surface area contributed by atoms with Gasteiger partial charge in [0.05, 0.1) is 0 Å². The third-order valence-electron chi connectivity index (χ3n) is 4.33. The smallest absolute Gasteiger partial charge is 0.0478 e. The molecule has 0 spiro atoms. The van der Waals surface area contributed by atoms with Gasteiger partial charge in [-0.05, 0) is 63.1 Å². The van der Waals surface area contributed by atoms with E-state index < -0.39 is 0 Å². The number of benzene rings is 1. The molecule has 1 saturated carbocycles. The minimum Gasteiger partial charge on any atom is -0.329 e.